The first-order valence-electron chi connectivity index (χ1n) is 18.2. The molecule has 0 bridgehead atoms. The standard InChI is InChI=1S/C40H58O6S/c1-23(2)24-12-18-40(26-15-21-47-32(26)33(42)43)20-19-38(8)25(31(24)40)10-11-28-37(7)16-14-29(46-30(41)22-35(3,4)34(44)45)36(5,6)27(37)13-17-39(28,38)9/h15,21,24-25,27-29,31H,1,10-14,16-20,22H2,2-9H3,(H,42,43)(H,44,45)/t24-,25?,27?,28?,29-,31?,37-,38+,39+,40?/m0/s1. The minimum absolute atomic E-state index is 0.0923. The summed E-state index contributed by atoms with van der Waals surface area (Å²) >= 11 is 1.39. The van der Waals surface area contributed by atoms with Crippen molar-refractivity contribution in [2.45, 2.75) is 138 Å². The van der Waals surface area contributed by atoms with Crippen molar-refractivity contribution in [3.63, 3.8) is 0 Å². The number of fused-ring (bicyclic) bond motifs is 7. The number of allylic oxidation sites excluding steroid dienone is 1. The van der Waals surface area contributed by atoms with Gasteiger partial charge in [-0.1, -0.05) is 46.8 Å². The molecule has 2 N–H and O–H groups in total. The van der Waals surface area contributed by atoms with Crippen LogP contribution in [0.25, 0.3) is 0 Å². The quantitative estimate of drug-likeness (QED) is 0.222. The minimum atomic E-state index is -1.15. The Hall–Kier alpha value is -2.15. The molecule has 1 heterocycles. The molecule has 0 saturated heterocycles. The normalized spacial score (nSPS) is 42.3. The fraction of sp³-hybridized carbons (Fsp3) is 0.775. The molecule has 6 rings (SSSR count). The van der Waals surface area contributed by atoms with E-state index in [2.05, 4.69) is 54.2 Å². The van der Waals surface area contributed by atoms with Crippen LogP contribution in [-0.2, 0) is 19.7 Å². The van der Waals surface area contributed by atoms with E-state index in [0.29, 0.717) is 34.5 Å². The van der Waals surface area contributed by atoms with Gasteiger partial charge in [-0.05, 0) is 148 Å². The molecule has 5 unspecified atom stereocenters. The number of hydrogen-bond acceptors (Lipinski definition) is 5. The highest BCUT2D eigenvalue weighted by Gasteiger charge is 2.71. The summed E-state index contributed by atoms with van der Waals surface area (Å²) in [5.74, 6) is 0.153. The summed E-state index contributed by atoms with van der Waals surface area (Å²) in [7, 11) is 0. The van der Waals surface area contributed by atoms with E-state index >= 15 is 0 Å². The van der Waals surface area contributed by atoms with Gasteiger partial charge in [-0.2, -0.15) is 0 Å². The maximum Gasteiger partial charge on any atom is 0.346 e. The summed E-state index contributed by atoms with van der Waals surface area (Å²) in [4.78, 5) is 37.7. The average molecular weight is 667 g/mol. The first kappa shape index (κ1) is 34.7. The topological polar surface area (TPSA) is 101 Å². The van der Waals surface area contributed by atoms with Crippen molar-refractivity contribution < 1.29 is 29.3 Å². The van der Waals surface area contributed by atoms with Crippen molar-refractivity contribution in [3.8, 4) is 0 Å². The van der Waals surface area contributed by atoms with E-state index < -0.39 is 23.3 Å². The lowest BCUT2D eigenvalue weighted by atomic mass is 9.32. The second-order valence-electron chi connectivity index (χ2n) is 18.5. The lowest BCUT2D eigenvalue weighted by Gasteiger charge is -2.73. The Morgan fingerprint density at radius 1 is 0.915 bits per heavy atom. The van der Waals surface area contributed by atoms with E-state index in [1.165, 1.54) is 29.8 Å². The Kier molecular flexibility index (Phi) is 8.26. The van der Waals surface area contributed by atoms with Crippen molar-refractivity contribution in [3.05, 3.63) is 34.0 Å². The Morgan fingerprint density at radius 3 is 2.26 bits per heavy atom. The third-order valence-corrected chi connectivity index (χ3v) is 16.7. The van der Waals surface area contributed by atoms with Gasteiger partial charge in [0.2, 0.25) is 0 Å². The molecule has 0 spiro atoms. The monoisotopic (exact) mass is 666 g/mol. The van der Waals surface area contributed by atoms with Crippen LogP contribution in [0.5, 0.6) is 0 Å². The molecule has 6 nitrogen and oxygen atoms in total. The summed E-state index contributed by atoms with van der Waals surface area (Å²) in [6, 6.07) is 2.14. The van der Waals surface area contributed by atoms with Crippen molar-refractivity contribution >= 4 is 29.2 Å². The van der Waals surface area contributed by atoms with Crippen LogP contribution in [0.2, 0.25) is 0 Å². The fourth-order valence-electron chi connectivity index (χ4n) is 13.3. The zero-order valence-electron chi connectivity index (χ0n) is 30.0. The largest absolute Gasteiger partial charge is 0.481 e. The van der Waals surface area contributed by atoms with Gasteiger partial charge in [0, 0.05) is 10.8 Å². The van der Waals surface area contributed by atoms with Gasteiger partial charge >= 0.3 is 17.9 Å². The first-order valence-corrected chi connectivity index (χ1v) is 19.0. The predicted octanol–water partition coefficient (Wildman–Crippen LogP) is 9.77. The van der Waals surface area contributed by atoms with Gasteiger partial charge in [0.1, 0.15) is 11.0 Å². The van der Waals surface area contributed by atoms with Gasteiger partial charge in [-0.25, -0.2) is 4.79 Å². The maximum atomic E-state index is 13.0. The third kappa shape index (κ3) is 4.85. The van der Waals surface area contributed by atoms with Crippen LogP contribution in [-0.4, -0.2) is 34.2 Å². The zero-order chi connectivity index (χ0) is 34.5. The highest BCUT2D eigenvalue weighted by Crippen LogP contribution is 2.78. The van der Waals surface area contributed by atoms with Crippen molar-refractivity contribution in [1.29, 1.82) is 0 Å². The highest BCUT2D eigenvalue weighted by atomic mass is 32.1. The zero-order valence-corrected chi connectivity index (χ0v) is 30.9. The van der Waals surface area contributed by atoms with E-state index in [0.717, 1.165) is 56.9 Å². The summed E-state index contributed by atoms with van der Waals surface area (Å²) in [6.07, 6.45) is 10.4. The van der Waals surface area contributed by atoms with Crippen LogP contribution in [0.15, 0.2) is 23.6 Å². The second-order valence-corrected chi connectivity index (χ2v) is 19.4. The number of rotatable bonds is 7. The summed E-state index contributed by atoms with van der Waals surface area (Å²) in [6.45, 7) is 22.2. The number of carbonyl (C=O) groups excluding carboxylic acids is 1. The molecule has 0 aromatic carbocycles. The van der Waals surface area contributed by atoms with Gasteiger partial charge < -0.3 is 14.9 Å². The molecule has 0 amide bonds. The Bertz CT molecular complexity index is 1470. The Labute approximate surface area is 286 Å². The molecule has 5 aliphatic carbocycles. The van der Waals surface area contributed by atoms with Crippen LogP contribution >= 0.6 is 11.3 Å². The van der Waals surface area contributed by atoms with Gasteiger partial charge in [0.05, 0.1) is 11.8 Å². The van der Waals surface area contributed by atoms with Crippen LogP contribution in [0.1, 0.15) is 141 Å². The van der Waals surface area contributed by atoms with Crippen LogP contribution in [0, 0.1) is 56.7 Å². The number of thiophene rings is 1. The first-order chi connectivity index (χ1) is 21.8. The average Bonchev–Trinajstić information content (AvgIpc) is 3.61. The minimum Gasteiger partial charge on any atom is -0.481 e. The second kappa shape index (κ2) is 11.2. The lowest BCUT2D eigenvalue weighted by molar-refractivity contribution is -0.246. The smallest absolute Gasteiger partial charge is 0.346 e. The third-order valence-electron chi connectivity index (χ3n) is 15.8. The van der Waals surface area contributed by atoms with Gasteiger partial charge in [0.25, 0.3) is 0 Å². The van der Waals surface area contributed by atoms with Crippen molar-refractivity contribution in [2.24, 2.45) is 56.7 Å². The van der Waals surface area contributed by atoms with Crippen molar-refractivity contribution in [1.82, 2.24) is 0 Å². The van der Waals surface area contributed by atoms with Gasteiger partial charge in [0.15, 0.2) is 0 Å². The van der Waals surface area contributed by atoms with E-state index in [1.807, 2.05) is 5.38 Å². The molecular formula is C40H58O6S. The van der Waals surface area contributed by atoms with E-state index in [4.69, 9.17) is 4.74 Å². The number of carboxylic acid groups (broad SMARTS) is 2. The summed E-state index contributed by atoms with van der Waals surface area (Å²) in [5.41, 5.74) is 1.33. The summed E-state index contributed by atoms with van der Waals surface area (Å²) in [5, 5.41) is 21.8. The molecule has 1 aromatic rings. The molecule has 5 aliphatic rings. The molecule has 5 saturated carbocycles. The van der Waals surface area contributed by atoms with E-state index in [1.54, 1.807) is 13.8 Å². The Balaban J connectivity index is 1.31. The maximum absolute atomic E-state index is 13.0. The highest BCUT2D eigenvalue weighted by molar-refractivity contribution is 7.12. The van der Waals surface area contributed by atoms with Gasteiger partial charge in [-0.15, -0.1) is 11.3 Å². The number of carbonyl (C=O) groups is 3. The lowest BCUT2D eigenvalue weighted by Crippen LogP contribution is -2.67. The number of hydrogen-bond donors (Lipinski definition) is 2. The molecule has 260 valence electrons. The number of aliphatic carboxylic acids is 1. The Morgan fingerprint density at radius 2 is 1.62 bits per heavy atom. The number of aromatic carboxylic acids is 1. The van der Waals surface area contributed by atoms with Crippen molar-refractivity contribution in [2.75, 3.05) is 0 Å². The molecule has 0 radical (unpaired) electrons. The SMILES string of the molecule is C=C(C)[C@@H]1CCC2(c3ccsc3C(=O)O)CC[C@]3(C)C(CCC4[C@@]5(C)CC[C@H](OC(=O)CC(C)(C)C(=O)O)C(C)(C)C5CC[C@]43C)C12. The molecule has 47 heavy (non-hydrogen) atoms. The number of ether oxygens (including phenoxy) is 1. The predicted molar refractivity (Wildman–Crippen MR) is 185 cm³/mol. The van der Waals surface area contributed by atoms with Crippen LogP contribution in [0.4, 0.5) is 0 Å². The number of carboxylic acids is 2. The number of esters is 1. The molecular weight excluding hydrogens is 609 g/mol. The molecule has 0 aliphatic heterocycles. The molecule has 5 fully saturated rings. The van der Waals surface area contributed by atoms with Crippen LogP contribution in [0.3, 0.4) is 0 Å². The fourth-order valence-corrected chi connectivity index (χ4v) is 14.1. The molecule has 1 aromatic heterocycles. The molecule has 10 atom stereocenters. The van der Waals surface area contributed by atoms with E-state index in [9.17, 15) is 24.6 Å². The van der Waals surface area contributed by atoms with Gasteiger partial charge in [-0.3, -0.25) is 9.59 Å². The molecule has 7 heteroatoms. The van der Waals surface area contributed by atoms with Crippen LogP contribution < -0.4 is 0 Å². The van der Waals surface area contributed by atoms with E-state index in [-0.39, 0.29) is 39.6 Å². The summed E-state index contributed by atoms with van der Waals surface area (Å²) < 4.78 is 6.16.